The zero-order valence-corrected chi connectivity index (χ0v) is 15.2. The fourth-order valence-corrected chi connectivity index (χ4v) is 3.87. The molecule has 3 aromatic rings. The highest BCUT2D eigenvalue weighted by molar-refractivity contribution is 5.81. The van der Waals surface area contributed by atoms with E-state index in [1.807, 2.05) is 24.5 Å². The van der Waals surface area contributed by atoms with Gasteiger partial charge in [-0.3, -0.25) is 14.9 Å². The molecule has 26 heavy (non-hydrogen) atoms. The summed E-state index contributed by atoms with van der Waals surface area (Å²) in [5, 5.41) is 11.8. The molecule has 4 rings (SSSR count). The van der Waals surface area contributed by atoms with E-state index >= 15 is 0 Å². The first kappa shape index (κ1) is 17.1. The van der Waals surface area contributed by atoms with Crippen LogP contribution in [0.25, 0.3) is 10.9 Å². The van der Waals surface area contributed by atoms with Crippen molar-refractivity contribution in [3.05, 3.63) is 71.7 Å². The highest BCUT2D eigenvalue weighted by atomic mass is 16.3. The van der Waals surface area contributed by atoms with Crippen LogP contribution in [0.2, 0.25) is 0 Å². The van der Waals surface area contributed by atoms with Gasteiger partial charge in [0.1, 0.15) is 0 Å². The molecule has 0 radical (unpaired) electrons. The van der Waals surface area contributed by atoms with Crippen LogP contribution in [-0.2, 0) is 19.4 Å². The number of aryl methyl sites for hydroxylation is 1. The number of likely N-dealkylation sites (tertiary alicyclic amines) is 1. The monoisotopic (exact) mass is 347 g/mol. The summed E-state index contributed by atoms with van der Waals surface area (Å²) in [4.78, 5) is 11.3. The predicted octanol–water partition coefficient (Wildman–Crippen LogP) is 3.23. The summed E-state index contributed by atoms with van der Waals surface area (Å²) in [6, 6.07) is 14.6. The van der Waals surface area contributed by atoms with Crippen molar-refractivity contribution in [2.75, 3.05) is 13.1 Å². The van der Waals surface area contributed by atoms with E-state index in [0.717, 1.165) is 37.1 Å². The number of hydrogen-bond donors (Lipinski definition) is 1. The molecular weight excluding hydrogens is 322 g/mol. The Balaban J connectivity index is 1.45. The summed E-state index contributed by atoms with van der Waals surface area (Å²) >= 11 is 0. The lowest BCUT2D eigenvalue weighted by Gasteiger charge is -2.16. The largest absolute Gasteiger partial charge is 0.391 e. The van der Waals surface area contributed by atoms with Crippen molar-refractivity contribution >= 4 is 10.9 Å². The van der Waals surface area contributed by atoms with E-state index in [2.05, 4.69) is 52.1 Å². The highest BCUT2D eigenvalue weighted by Crippen LogP contribution is 2.26. The summed E-state index contributed by atoms with van der Waals surface area (Å²) in [7, 11) is 0. The molecule has 1 aliphatic rings. The van der Waals surface area contributed by atoms with Crippen LogP contribution in [0.15, 0.2) is 54.9 Å². The minimum absolute atomic E-state index is 0.246. The molecule has 2 aromatic heterocycles. The molecule has 0 spiro atoms. The van der Waals surface area contributed by atoms with Gasteiger partial charge in [0.15, 0.2) is 0 Å². The van der Waals surface area contributed by atoms with E-state index in [0.29, 0.717) is 6.54 Å². The summed E-state index contributed by atoms with van der Waals surface area (Å²) in [5.74, 6) is 0.246. The number of benzene rings is 1. The zero-order chi connectivity index (χ0) is 17.9. The maximum atomic E-state index is 10.6. The number of β-amino-alcohol motifs (C(OH)–C–C–N with tert-alkyl or cyclic N) is 1. The minimum atomic E-state index is -0.295. The zero-order valence-electron chi connectivity index (χ0n) is 15.2. The van der Waals surface area contributed by atoms with Crippen molar-refractivity contribution in [2.24, 2.45) is 5.92 Å². The number of aromatic nitrogens is 2. The molecule has 1 saturated heterocycles. The standard InChI is InChI=1S/C22H25N3O/c1-2-16-7-8-19(24-12-16)14-25-13-18(22(26)15-25)11-17-9-10-23-21-6-4-3-5-20(17)21/h3-10,12,18,22,26H,2,11,13-15H2,1H3/t18-,22-/m1/s1. The molecule has 0 amide bonds. The Bertz CT molecular complexity index is 873. The average Bonchev–Trinajstić information content (AvgIpc) is 3.01. The third kappa shape index (κ3) is 3.62. The fraction of sp³-hybridized carbons (Fsp3) is 0.364. The molecule has 4 nitrogen and oxygen atoms in total. The third-order valence-electron chi connectivity index (χ3n) is 5.38. The van der Waals surface area contributed by atoms with Crippen molar-refractivity contribution in [3.8, 4) is 0 Å². The van der Waals surface area contributed by atoms with Crippen molar-refractivity contribution < 1.29 is 5.11 Å². The van der Waals surface area contributed by atoms with Crippen LogP contribution in [0.5, 0.6) is 0 Å². The number of para-hydroxylation sites is 1. The summed E-state index contributed by atoms with van der Waals surface area (Å²) in [6.45, 7) is 4.55. The van der Waals surface area contributed by atoms with E-state index in [-0.39, 0.29) is 12.0 Å². The lowest BCUT2D eigenvalue weighted by molar-refractivity contribution is 0.141. The molecule has 2 atom stereocenters. The van der Waals surface area contributed by atoms with Crippen molar-refractivity contribution in [1.82, 2.24) is 14.9 Å². The van der Waals surface area contributed by atoms with Crippen LogP contribution < -0.4 is 0 Å². The van der Waals surface area contributed by atoms with Crippen LogP contribution in [0.1, 0.15) is 23.7 Å². The maximum absolute atomic E-state index is 10.6. The molecule has 4 heteroatoms. The van der Waals surface area contributed by atoms with E-state index in [1.54, 1.807) is 0 Å². The number of hydrogen-bond acceptors (Lipinski definition) is 4. The molecule has 0 unspecified atom stereocenters. The van der Waals surface area contributed by atoms with Gasteiger partial charge in [-0.05, 0) is 42.2 Å². The van der Waals surface area contributed by atoms with Gasteiger partial charge in [-0.15, -0.1) is 0 Å². The Morgan fingerprint density at radius 1 is 1.08 bits per heavy atom. The average molecular weight is 347 g/mol. The second-order valence-corrected chi connectivity index (χ2v) is 7.22. The van der Waals surface area contributed by atoms with E-state index in [9.17, 15) is 5.11 Å². The Hall–Kier alpha value is -2.30. The molecule has 0 bridgehead atoms. The number of rotatable bonds is 5. The molecule has 1 N–H and O–H groups in total. The molecule has 1 aliphatic heterocycles. The summed E-state index contributed by atoms with van der Waals surface area (Å²) in [5.41, 5.74) is 4.63. The topological polar surface area (TPSA) is 49.2 Å². The van der Waals surface area contributed by atoms with Gasteiger partial charge in [0.2, 0.25) is 0 Å². The van der Waals surface area contributed by atoms with Crippen LogP contribution >= 0.6 is 0 Å². The van der Waals surface area contributed by atoms with E-state index in [1.165, 1.54) is 16.5 Å². The van der Waals surface area contributed by atoms with E-state index < -0.39 is 0 Å². The minimum Gasteiger partial charge on any atom is -0.391 e. The molecule has 3 heterocycles. The predicted molar refractivity (Wildman–Crippen MR) is 104 cm³/mol. The number of aliphatic hydroxyl groups excluding tert-OH is 1. The maximum Gasteiger partial charge on any atom is 0.0710 e. The smallest absolute Gasteiger partial charge is 0.0710 e. The van der Waals surface area contributed by atoms with Crippen LogP contribution in [0.3, 0.4) is 0 Å². The van der Waals surface area contributed by atoms with Gasteiger partial charge >= 0.3 is 0 Å². The normalized spacial score (nSPS) is 20.7. The van der Waals surface area contributed by atoms with Gasteiger partial charge in [-0.1, -0.05) is 31.2 Å². The number of fused-ring (bicyclic) bond motifs is 1. The van der Waals surface area contributed by atoms with Gasteiger partial charge in [0, 0.05) is 43.3 Å². The van der Waals surface area contributed by atoms with Crippen LogP contribution in [-0.4, -0.2) is 39.2 Å². The summed E-state index contributed by atoms with van der Waals surface area (Å²) < 4.78 is 0. The van der Waals surface area contributed by atoms with Crippen molar-refractivity contribution in [3.63, 3.8) is 0 Å². The van der Waals surface area contributed by atoms with Crippen molar-refractivity contribution in [1.29, 1.82) is 0 Å². The molecule has 1 aromatic carbocycles. The number of nitrogens with zero attached hydrogens (tertiary/aromatic N) is 3. The van der Waals surface area contributed by atoms with Gasteiger partial charge in [0.25, 0.3) is 0 Å². The first-order chi connectivity index (χ1) is 12.7. The Morgan fingerprint density at radius 2 is 1.96 bits per heavy atom. The quantitative estimate of drug-likeness (QED) is 0.770. The fourth-order valence-electron chi connectivity index (χ4n) is 3.87. The number of pyridine rings is 2. The molecule has 0 aliphatic carbocycles. The van der Waals surface area contributed by atoms with Gasteiger partial charge in [-0.25, -0.2) is 0 Å². The molecular formula is C22H25N3O. The molecule has 134 valence electrons. The second kappa shape index (κ2) is 7.52. The lowest BCUT2D eigenvalue weighted by atomic mass is 9.94. The van der Waals surface area contributed by atoms with E-state index in [4.69, 9.17) is 0 Å². The van der Waals surface area contributed by atoms with Crippen molar-refractivity contribution in [2.45, 2.75) is 32.4 Å². The SMILES string of the molecule is CCc1ccc(CN2C[C@@H](Cc3ccnc4ccccc34)[C@H](O)C2)nc1. The highest BCUT2D eigenvalue weighted by Gasteiger charge is 2.31. The van der Waals surface area contributed by atoms with Crippen LogP contribution in [0.4, 0.5) is 0 Å². The third-order valence-corrected chi connectivity index (χ3v) is 5.38. The van der Waals surface area contributed by atoms with Gasteiger partial charge in [0.05, 0.1) is 17.3 Å². The first-order valence-corrected chi connectivity index (χ1v) is 9.40. The Kier molecular flexibility index (Phi) is 4.96. The molecule has 0 saturated carbocycles. The van der Waals surface area contributed by atoms with Gasteiger partial charge in [-0.2, -0.15) is 0 Å². The first-order valence-electron chi connectivity index (χ1n) is 9.40. The molecule has 1 fully saturated rings. The van der Waals surface area contributed by atoms with Crippen LogP contribution in [0, 0.1) is 5.92 Å². The second-order valence-electron chi connectivity index (χ2n) is 7.22. The Labute approximate surface area is 154 Å². The number of aliphatic hydroxyl groups is 1. The lowest BCUT2D eigenvalue weighted by Crippen LogP contribution is -2.22. The summed E-state index contributed by atoms with van der Waals surface area (Å²) in [6.07, 6.45) is 5.43. The Morgan fingerprint density at radius 3 is 2.77 bits per heavy atom. The van der Waals surface area contributed by atoms with Gasteiger partial charge < -0.3 is 5.11 Å².